The van der Waals surface area contributed by atoms with E-state index in [1.807, 2.05) is 25.1 Å². The topological polar surface area (TPSA) is 70.4 Å². The largest absolute Gasteiger partial charge is 0.381 e. The standard InChI is InChI=1S/C17H22N4O2/c1-12-10-16(20-23-12)19-17(22)13(2)21-9-8-15(11-21)18-14-6-4-3-5-7-14/h3-7,10,13,15,18H,8-9,11H2,1-2H3,(H,19,20,22). The number of likely N-dealkylation sites (tertiary alicyclic amines) is 1. The number of benzene rings is 1. The highest BCUT2D eigenvalue weighted by atomic mass is 16.5. The monoisotopic (exact) mass is 314 g/mol. The van der Waals surface area contributed by atoms with E-state index in [0.717, 1.165) is 25.2 Å². The number of nitrogens with one attached hydrogen (secondary N) is 2. The molecule has 0 spiro atoms. The highest BCUT2D eigenvalue weighted by molar-refractivity contribution is 5.93. The Hall–Kier alpha value is -2.34. The van der Waals surface area contributed by atoms with Crippen molar-refractivity contribution in [2.45, 2.75) is 32.4 Å². The van der Waals surface area contributed by atoms with Crippen LogP contribution in [0, 0.1) is 6.92 Å². The molecule has 1 saturated heterocycles. The molecule has 1 aliphatic rings. The average molecular weight is 314 g/mol. The quantitative estimate of drug-likeness (QED) is 0.887. The van der Waals surface area contributed by atoms with Gasteiger partial charge in [0.1, 0.15) is 5.76 Å². The number of hydrogen-bond acceptors (Lipinski definition) is 5. The summed E-state index contributed by atoms with van der Waals surface area (Å²) in [5.74, 6) is 1.09. The van der Waals surface area contributed by atoms with Gasteiger partial charge in [-0.05, 0) is 32.4 Å². The first-order chi connectivity index (χ1) is 11.1. The van der Waals surface area contributed by atoms with E-state index in [2.05, 4.69) is 32.8 Å². The maximum Gasteiger partial charge on any atom is 0.242 e. The van der Waals surface area contributed by atoms with Gasteiger partial charge in [-0.1, -0.05) is 23.4 Å². The van der Waals surface area contributed by atoms with E-state index in [9.17, 15) is 4.79 Å². The van der Waals surface area contributed by atoms with Crippen LogP contribution in [0.25, 0.3) is 0 Å². The number of aryl methyl sites for hydroxylation is 1. The van der Waals surface area contributed by atoms with E-state index < -0.39 is 0 Å². The second-order valence-electron chi connectivity index (χ2n) is 5.98. The first-order valence-electron chi connectivity index (χ1n) is 7.91. The third-order valence-corrected chi connectivity index (χ3v) is 4.17. The van der Waals surface area contributed by atoms with Crippen LogP contribution in [0.4, 0.5) is 11.5 Å². The van der Waals surface area contributed by atoms with Crippen LogP contribution in [0.5, 0.6) is 0 Å². The van der Waals surface area contributed by atoms with Gasteiger partial charge in [0.05, 0.1) is 6.04 Å². The van der Waals surface area contributed by atoms with Crippen molar-refractivity contribution in [1.82, 2.24) is 10.1 Å². The summed E-state index contributed by atoms with van der Waals surface area (Å²) < 4.78 is 4.97. The van der Waals surface area contributed by atoms with Crippen LogP contribution < -0.4 is 10.6 Å². The highest BCUT2D eigenvalue weighted by Gasteiger charge is 2.29. The van der Waals surface area contributed by atoms with Crippen LogP contribution in [0.2, 0.25) is 0 Å². The number of nitrogens with zero attached hydrogens (tertiary/aromatic N) is 2. The van der Waals surface area contributed by atoms with Crippen molar-refractivity contribution in [3.05, 3.63) is 42.2 Å². The number of hydrogen-bond donors (Lipinski definition) is 2. The molecule has 3 rings (SSSR count). The second-order valence-corrected chi connectivity index (χ2v) is 5.98. The minimum Gasteiger partial charge on any atom is -0.381 e. The van der Waals surface area contributed by atoms with E-state index in [1.165, 1.54) is 0 Å². The Balaban J connectivity index is 1.52. The van der Waals surface area contributed by atoms with Crippen LogP contribution in [0.3, 0.4) is 0 Å². The zero-order valence-electron chi connectivity index (χ0n) is 13.5. The van der Waals surface area contributed by atoms with Crippen molar-refractivity contribution in [3.8, 4) is 0 Å². The van der Waals surface area contributed by atoms with Gasteiger partial charge >= 0.3 is 0 Å². The number of aromatic nitrogens is 1. The Morgan fingerprint density at radius 3 is 2.87 bits per heavy atom. The summed E-state index contributed by atoms with van der Waals surface area (Å²) in [6.45, 7) is 5.47. The molecule has 122 valence electrons. The SMILES string of the molecule is Cc1cc(NC(=O)C(C)N2CCC(Nc3ccccc3)C2)no1. The lowest BCUT2D eigenvalue weighted by Gasteiger charge is -2.23. The van der Waals surface area contributed by atoms with Crippen LogP contribution in [0.15, 0.2) is 40.9 Å². The van der Waals surface area contributed by atoms with Gasteiger partial charge in [-0.15, -0.1) is 0 Å². The minimum atomic E-state index is -0.199. The molecule has 1 aliphatic heterocycles. The first kappa shape index (κ1) is 15.6. The lowest BCUT2D eigenvalue weighted by Crippen LogP contribution is -2.41. The fourth-order valence-electron chi connectivity index (χ4n) is 2.85. The summed E-state index contributed by atoms with van der Waals surface area (Å²) in [5.41, 5.74) is 1.12. The number of amides is 1. The number of para-hydroxylation sites is 1. The van der Waals surface area contributed by atoms with Crippen molar-refractivity contribution in [3.63, 3.8) is 0 Å². The highest BCUT2D eigenvalue weighted by Crippen LogP contribution is 2.18. The Kier molecular flexibility index (Phi) is 4.62. The minimum absolute atomic E-state index is 0.0568. The molecule has 2 unspecified atom stereocenters. The molecule has 1 aromatic carbocycles. The summed E-state index contributed by atoms with van der Waals surface area (Å²) >= 11 is 0. The molecule has 0 bridgehead atoms. The molecule has 1 amide bonds. The Morgan fingerprint density at radius 1 is 1.39 bits per heavy atom. The third-order valence-electron chi connectivity index (χ3n) is 4.17. The molecule has 6 nitrogen and oxygen atoms in total. The molecule has 0 radical (unpaired) electrons. The van der Waals surface area contributed by atoms with Gasteiger partial charge in [0.25, 0.3) is 0 Å². The van der Waals surface area contributed by atoms with Crippen molar-refractivity contribution < 1.29 is 9.32 Å². The van der Waals surface area contributed by atoms with Crippen LogP contribution in [-0.2, 0) is 4.79 Å². The Bertz CT molecular complexity index is 656. The molecule has 2 atom stereocenters. The molecule has 23 heavy (non-hydrogen) atoms. The average Bonchev–Trinajstić information content (AvgIpc) is 3.17. The van der Waals surface area contributed by atoms with Gasteiger partial charge in [0.15, 0.2) is 5.82 Å². The molecule has 2 heterocycles. The second kappa shape index (κ2) is 6.83. The maximum absolute atomic E-state index is 12.3. The van der Waals surface area contributed by atoms with Crippen molar-refractivity contribution in [2.24, 2.45) is 0 Å². The summed E-state index contributed by atoms with van der Waals surface area (Å²) in [6.07, 6.45) is 1.02. The summed E-state index contributed by atoms with van der Waals surface area (Å²) in [7, 11) is 0. The van der Waals surface area contributed by atoms with Crippen molar-refractivity contribution in [1.29, 1.82) is 0 Å². The Labute approximate surface area is 135 Å². The van der Waals surface area contributed by atoms with Crippen molar-refractivity contribution >= 4 is 17.4 Å². The molecule has 2 N–H and O–H groups in total. The number of rotatable bonds is 5. The normalized spacial score (nSPS) is 19.5. The van der Waals surface area contributed by atoms with Gasteiger partial charge in [0.2, 0.25) is 5.91 Å². The molecule has 1 fully saturated rings. The number of carbonyl (C=O) groups is 1. The third kappa shape index (κ3) is 3.90. The lowest BCUT2D eigenvalue weighted by molar-refractivity contribution is -0.120. The van der Waals surface area contributed by atoms with E-state index in [1.54, 1.807) is 13.0 Å². The smallest absolute Gasteiger partial charge is 0.242 e. The number of carbonyl (C=O) groups excluding carboxylic acids is 1. The molecule has 2 aromatic rings. The van der Waals surface area contributed by atoms with Gasteiger partial charge in [-0.25, -0.2) is 0 Å². The molecule has 0 aliphatic carbocycles. The molecule has 1 aromatic heterocycles. The summed E-state index contributed by atoms with van der Waals surface area (Å²) in [5, 5.41) is 10.1. The lowest BCUT2D eigenvalue weighted by atomic mass is 10.2. The molecular weight excluding hydrogens is 292 g/mol. The predicted octanol–water partition coefficient (Wildman–Crippen LogP) is 2.50. The van der Waals surface area contributed by atoms with Gasteiger partial charge in [0, 0.05) is 30.9 Å². The summed E-state index contributed by atoms with van der Waals surface area (Å²) in [4.78, 5) is 14.5. The molecular formula is C17H22N4O2. The zero-order valence-corrected chi connectivity index (χ0v) is 13.5. The van der Waals surface area contributed by atoms with Gasteiger partial charge < -0.3 is 15.2 Å². The van der Waals surface area contributed by atoms with E-state index in [-0.39, 0.29) is 11.9 Å². The van der Waals surface area contributed by atoms with Crippen LogP contribution in [0.1, 0.15) is 19.1 Å². The zero-order chi connectivity index (χ0) is 16.2. The molecule has 6 heteroatoms. The van der Waals surface area contributed by atoms with Gasteiger partial charge in [-0.3, -0.25) is 9.69 Å². The van der Waals surface area contributed by atoms with Crippen LogP contribution >= 0.6 is 0 Å². The van der Waals surface area contributed by atoms with E-state index >= 15 is 0 Å². The van der Waals surface area contributed by atoms with E-state index in [4.69, 9.17) is 4.52 Å². The van der Waals surface area contributed by atoms with Crippen molar-refractivity contribution in [2.75, 3.05) is 23.7 Å². The first-order valence-corrected chi connectivity index (χ1v) is 7.91. The van der Waals surface area contributed by atoms with E-state index in [0.29, 0.717) is 17.6 Å². The predicted molar refractivity (Wildman–Crippen MR) is 89.4 cm³/mol. The van der Waals surface area contributed by atoms with Gasteiger partial charge in [-0.2, -0.15) is 0 Å². The Morgan fingerprint density at radius 2 is 2.17 bits per heavy atom. The summed E-state index contributed by atoms with van der Waals surface area (Å²) in [6, 6.07) is 12.0. The van der Waals surface area contributed by atoms with Crippen LogP contribution in [-0.4, -0.2) is 41.1 Å². The fraction of sp³-hybridized carbons (Fsp3) is 0.412. The number of anilines is 2. The maximum atomic E-state index is 12.3. The molecule has 0 saturated carbocycles. The fourth-order valence-corrected chi connectivity index (χ4v) is 2.85.